The molecule has 15 aromatic rings. The monoisotopic (exact) mass is 929 g/mol. The van der Waals surface area contributed by atoms with Crippen LogP contribution in [0.25, 0.3) is 98.6 Å². The maximum Gasteiger partial charge on any atom is 0.221 e. The first-order valence-corrected chi connectivity index (χ1v) is 26.4. The van der Waals surface area contributed by atoms with Crippen molar-refractivity contribution < 1.29 is 0 Å². The zero-order valence-corrected chi connectivity index (χ0v) is 39.4. The first-order chi connectivity index (χ1) is 34.7. The van der Waals surface area contributed by atoms with Crippen molar-refractivity contribution in [2.24, 2.45) is 0 Å². The highest BCUT2D eigenvalue weighted by molar-refractivity contribution is 7.26. The lowest BCUT2D eigenvalue weighted by molar-refractivity contribution is 0.983. The molecule has 9 aromatic carbocycles. The number of pyridine rings is 1. The molecular formula is C61H39N7SSi. The van der Waals surface area contributed by atoms with E-state index in [0.29, 0.717) is 0 Å². The van der Waals surface area contributed by atoms with Crippen molar-refractivity contribution in [1.82, 2.24) is 32.9 Å². The van der Waals surface area contributed by atoms with Crippen molar-refractivity contribution in [3.05, 3.63) is 237 Å². The molecule has 9 heteroatoms. The van der Waals surface area contributed by atoms with Crippen LogP contribution in [0, 0.1) is 0 Å². The van der Waals surface area contributed by atoms with Crippen molar-refractivity contribution in [1.29, 1.82) is 0 Å². The van der Waals surface area contributed by atoms with Crippen molar-refractivity contribution in [3.63, 3.8) is 0 Å². The van der Waals surface area contributed by atoms with Crippen molar-refractivity contribution in [2.75, 3.05) is 0 Å². The van der Waals surface area contributed by atoms with Gasteiger partial charge in [-0.15, -0.1) is 11.3 Å². The Hall–Kier alpha value is -8.89. The summed E-state index contributed by atoms with van der Waals surface area (Å²) in [7, 11) is -2.90. The standard InChI is InChI=1S/C61H39N7SSi/c1-3-17-42(18-4-1)70(43-19-5-2-6-20-43,45-35-36-57-47(39-45)46-21-7-16-30-56(46)69-57)44-33-31-40(32-34-44)41-37-58(67-54-28-14-12-26-52(54)65-50-24-10-8-22-48(50)62-60(65)67)64-59(38-41)68-55-29-15-13-27-53(55)66-51-25-11-9-23-49(51)63-61(66)68/h1-39H. The van der Waals surface area contributed by atoms with E-state index in [2.05, 4.69) is 255 Å². The van der Waals surface area contributed by atoms with Crippen molar-refractivity contribution in [3.8, 4) is 22.8 Å². The molecule has 6 heterocycles. The third-order valence-corrected chi connectivity index (χ3v) is 20.3. The summed E-state index contributed by atoms with van der Waals surface area (Å²) in [5, 5.41) is 7.96. The third-order valence-electron chi connectivity index (χ3n) is 14.3. The van der Waals surface area contributed by atoms with Gasteiger partial charge in [0.05, 0.1) is 44.1 Å². The molecule has 0 atom stereocenters. The number of benzene rings is 9. The number of thiophene rings is 1. The van der Waals surface area contributed by atoms with Crippen LogP contribution in [0.5, 0.6) is 0 Å². The summed E-state index contributed by atoms with van der Waals surface area (Å²) in [6, 6.07) is 86.1. The van der Waals surface area contributed by atoms with E-state index in [1.54, 1.807) is 0 Å². The Bertz CT molecular complexity index is 4340. The molecular weight excluding hydrogens is 891 g/mol. The summed E-state index contributed by atoms with van der Waals surface area (Å²) in [4.78, 5) is 16.2. The molecule has 0 saturated heterocycles. The van der Waals surface area contributed by atoms with Crippen LogP contribution in [0.2, 0.25) is 0 Å². The summed E-state index contributed by atoms with van der Waals surface area (Å²) < 4.78 is 11.6. The third kappa shape index (κ3) is 5.58. The van der Waals surface area contributed by atoms with Gasteiger partial charge in [0.1, 0.15) is 11.6 Å². The van der Waals surface area contributed by atoms with Gasteiger partial charge >= 0.3 is 0 Å². The average Bonchev–Trinajstić information content (AvgIpc) is 4.23. The minimum atomic E-state index is -2.90. The molecule has 0 aliphatic rings. The number of nitrogens with zero attached hydrogens (tertiary/aromatic N) is 7. The van der Waals surface area contributed by atoms with Crippen molar-refractivity contribution in [2.45, 2.75) is 0 Å². The summed E-state index contributed by atoms with van der Waals surface area (Å²) in [6.07, 6.45) is 0. The molecule has 7 nitrogen and oxygen atoms in total. The molecule has 6 aromatic heterocycles. The Labute approximate surface area is 406 Å². The fourth-order valence-corrected chi connectivity index (χ4v) is 17.1. The molecule has 328 valence electrons. The largest absolute Gasteiger partial charge is 0.276 e. The molecule has 0 aliphatic heterocycles. The summed E-state index contributed by atoms with van der Waals surface area (Å²) in [6.45, 7) is 0. The number of rotatable bonds is 7. The van der Waals surface area contributed by atoms with E-state index in [0.717, 1.165) is 78.5 Å². The van der Waals surface area contributed by atoms with Crippen LogP contribution in [0.4, 0.5) is 0 Å². The maximum absolute atomic E-state index is 5.63. The maximum atomic E-state index is 5.63. The van der Waals surface area contributed by atoms with Gasteiger partial charge in [0.15, 0.2) is 8.07 Å². The predicted molar refractivity (Wildman–Crippen MR) is 292 cm³/mol. The lowest BCUT2D eigenvalue weighted by Gasteiger charge is -2.34. The Kier molecular flexibility index (Phi) is 8.42. The Morgan fingerprint density at radius 1 is 0.314 bits per heavy atom. The van der Waals surface area contributed by atoms with Gasteiger partial charge in [-0.05, 0) is 105 Å². The van der Waals surface area contributed by atoms with E-state index in [-0.39, 0.29) is 0 Å². The molecule has 0 saturated carbocycles. The second kappa shape index (κ2) is 15.1. The van der Waals surface area contributed by atoms with Gasteiger partial charge in [-0.3, -0.25) is 17.9 Å². The zero-order valence-electron chi connectivity index (χ0n) is 37.6. The van der Waals surface area contributed by atoms with Gasteiger partial charge in [0.2, 0.25) is 11.6 Å². The van der Waals surface area contributed by atoms with Crippen LogP contribution >= 0.6 is 11.3 Å². The smallest absolute Gasteiger partial charge is 0.221 e. The van der Waals surface area contributed by atoms with Crippen LogP contribution in [0.3, 0.4) is 0 Å². The van der Waals surface area contributed by atoms with Crippen LogP contribution in [-0.2, 0) is 0 Å². The topological polar surface area (TPSA) is 57.4 Å². The highest BCUT2D eigenvalue weighted by Crippen LogP contribution is 2.36. The Morgan fingerprint density at radius 3 is 1.33 bits per heavy atom. The van der Waals surface area contributed by atoms with E-state index in [9.17, 15) is 0 Å². The number of fused-ring (bicyclic) bond motifs is 13. The second-order valence-corrected chi connectivity index (χ2v) is 23.0. The summed E-state index contributed by atoms with van der Waals surface area (Å²) in [5.41, 5.74) is 10.3. The molecule has 0 amide bonds. The van der Waals surface area contributed by atoms with Gasteiger partial charge in [0, 0.05) is 20.2 Å². The lowest BCUT2D eigenvalue weighted by atomic mass is 10.1. The van der Waals surface area contributed by atoms with E-state index >= 15 is 0 Å². The number of aromatic nitrogens is 7. The molecule has 0 bridgehead atoms. The van der Waals surface area contributed by atoms with Gasteiger partial charge in [-0.1, -0.05) is 164 Å². The van der Waals surface area contributed by atoms with E-state index in [1.165, 1.54) is 40.9 Å². The van der Waals surface area contributed by atoms with Gasteiger partial charge < -0.3 is 0 Å². The van der Waals surface area contributed by atoms with Gasteiger partial charge in [0.25, 0.3) is 0 Å². The summed E-state index contributed by atoms with van der Waals surface area (Å²) in [5.74, 6) is 3.14. The molecule has 0 unspecified atom stereocenters. The number of hydrogen-bond acceptors (Lipinski definition) is 4. The van der Waals surface area contributed by atoms with E-state index in [1.807, 2.05) is 11.3 Å². The second-order valence-electron chi connectivity index (χ2n) is 18.1. The van der Waals surface area contributed by atoms with Crippen LogP contribution < -0.4 is 20.7 Å². The fourth-order valence-electron chi connectivity index (χ4n) is 11.3. The van der Waals surface area contributed by atoms with Crippen LogP contribution in [0.1, 0.15) is 0 Å². The number of imidazole rings is 4. The lowest BCUT2D eigenvalue weighted by Crippen LogP contribution is -2.74. The van der Waals surface area contributed by atoms with Crippen LogP contribution in [-0.4, -0.2) is 41.0 Å². The molecule has 70 heavy (non-hydrogen) atoms. The zero-order chi connectivity index (χ0) is 45.9. The fraction of sp³-hybridized carbons (Fsp3) is 0. The first kappa shape index (κ1) is 39.1. The average molecular weight is 930 g/mol. The quantitative estimate of drug-likeness (QED) is 0.118. The Balaban J connectivity index is 0.994. The molecule has 0 radical (unpaired) electrons. The summed E-state index contributed by atoms with van der Waals surface area (Å²) >= 11 is 1.87. The highest BCUT2D eigenvalue weighted by Gasteiger charge is 2.41. The SMILES string of the molecule is c1ccc([Si](c2ccccc2)(c2ccc(-c3cc(-n4c5ccccc5n5c6ccccc6nc45)nc(-n4c5ccccc5n5c6ccccc6nc45)c3)cc2)c2ccc3sc4ccccc4c3c2)cc1. The van der Waals surface area contributed by atoms with Gasteiger partial charge in [-0.25, -0.2) is 15.0 Å². The number of para-hydroxylation sites is 8. The normalized spacial score (nSPS) is 12.3. The molecule has 0 spiro atoms. The molecule has 15 rings (SSSR count). The Morgan fingerprint density at radius 2 is 0.757 bits per heavy atom. The molecule has 0 aliphatic carbocycles. The number of hydrogen-bond donors (Lipinski definition) is 0. The van der Waals surface area contributed by atoms with E-state index < -0.39 is 8.07 Å². The first-order valence-electron chi connectivity index (χ1n) is 23.6. The molecule has 0 N–H and O–H groups in total. The highest BCUT2D eigenvalue weighted by atomic mass is 32.1. The van der Waals surface area contributed by atoms with Gasteiger partial charge in [-0.2, -0.15) is 0 Å². The predicted octanol–water partition coefficient (Wildman–Crippen LogP) is 12.0. The minimum absolute atomic E-state index is 0.763. The van der Waals surface area contributed by atoms with E-state index in [4.69, 9.17) is 15.0 Å². The molecule has 0 fully saturated rings. The van der Waals surface area contributed by atoms with Crippen molar-refractivity contribution >= 4 is 116 Å². The van der Waals surface area contributed by atoms with Crippen LogP contribution in [0.15, 0.2) is 237 Å². The minimum Gasteiger partial charge on any atom is -0.276 e.